The molecule has 1 fully saturated rings. The molecule has 2 aliphatic heterocycles. The van der Waals surface area contributed by atoms with Gasteiger partial charge < -0.3 is 4.90 Å². The number of nitrogens with zero attached hydrogens (tertiary/aromatic N) is 5. The van der Waals surface area contributed by atoms with Gasteiger partial charge in [0.15, 0.2) is 0 Å². The highest BCUT2D eigenvalue weighted by Gasteiger charge is 2.59. The zero-order valence-corrected chi connectivity index (χ0v) is 17.9. The molecule has 1 saturated heterocycles. The number of amides is 2. The molecule has 0 unspecified atom stereocenters. The van der Waals surface area contributed by atoms with Gasteiger partial charge in [-0.1, -0.05) is 17.7 Å². The van der Waals surface area contributed by atoms with Crippen LogP contribution >= 0.6 is 11.6 Å². The summed E-state index contributed by atoms with van der Waals surface area (Å²) >= 11 is 6.42. The van der Waals surface area contributed by atoms with Gasteiger partial charge in [0, 0.05) is 24.0 Å². The highest BCUT2D eigenvalue weighted by molar-refractivity contribution is 6.33. The summed E-state index contributed by atoms with van der Waals surface area (Å²) in [5.74, 6) is -4.68. The van der Waals surface area contributed by atoms with Crippen molar-refractivity contribution in [2.45, 2.75) is 30.8 Å². The molecular formula is C22H14ClF3N6O2. The molecule has 0 saturated carbocycles. The van der Waals surface area contributed by atoms with Gasteiger partial charge in [-0.2, -0.15) is 13.2 Å². The smallest absolute Gasteiger partial charge is 0.308 e. The number of rotatable bonds is 2. The third-order valence-electron chi connectivity index (χ3n) is 6.32. The van der Waals surface area contributed by atoms with E-state index in [1.807, 2.05) is 0 Å². The molecular weight excluding hydrogens is 473 g/mol. The second-order valence-electron chi connectivity index (χ2n) is 8.15. The molecule has 172 valence electrons. The molecule has 1 aromatic carbocycles. The predicted molar refractivity (Wildman–Crippen MR) is 115 cm³/mol. The van der Waals surface area contributed by atoms with Gasteiger partial charge in [-0.3, -0.25) is 5.32 Å². The van der Waals surface area contributed by atoms with E-state index >= 15 is 8.78 Å². The predicted octanol–water partition coefficient (Wildman–Crippen LogP) is 5.32. The van der Waals surface area contributed by atoms with Gasteiger partial charge in [0.2, 0.25) is 5.95 Å². The number of carbonyl (C=O) groups is 1. The van der Waals surface area contributed by atoms with Crippen LogP contribution in [0.25, 0.3) is 22.2 Å². The van der Waals surface area contributed by atoms with Crippen LogP contribution < -0.4 is 5.32 Å². The molecule has 4 aromatic rings. The van der Waals surface area contributed by atoms with Crippen LogP contribution in [0.1, 0.15) is 30.0 Å². The first-order chi connectivity index (χ1) is 16.3. The number of fused-ring (bicyclic) bond motifs is 5. The van der Waals surface area contributed by atoms with Crippen LogP contribution in [0.4, 0.5) is 23.8 Å². The average Bonchev–Trinajstić information content (AvgIpc) is 3.43. The molecule has 2 aliphatic rings. The number of aromatic nitrogens is 4. The number of nitrogens with one attached hydrogen (secondary N) is 1. The maximum atomic E-state index is 15.1. The molecule has 2 amide bonds. The van der Waals surface area contributed by atoms with E-state index in [-0.39, 0.29) is 29.2 Å². The van der Waals surface area contributed by atoms with Crippen molar-refractivity contribution >= 4 is 34.5 Å². The summed E-state index contributed by atoms with van der Waals surface area (Å²) in [6.07, 6.45) is 2.91. The second kappa shape index (κ2) is 7.39. The van der Waals surface area contributed by atoms with Crippen molar-refractivity contribution in [3.8, 4) is 11.1 Å². The summed E-state index contributed by atoms with van der Waals surface area (Å²) in [6, 6.07) is 5.05. The van der Waals surface area contributed by atoms with Gasteiger partial charge in [-0.05, 0) is 52.5 Å². The maximum absolute atomic E-state index is 15.1. The number of alkyl halides is 2. The Labute approximate surface area is 194 Å². The zero-order valence-electron chi connectivity index (χ0n) is 17.2. The van der Waals surface area contributed by atoms with Crippen LogP contribution in [0.5, 0.6) is 0 Å². The monoisotopic (exact) mass is 486 g/mol. The quantitative estimate of drug-likeness (QED) is 0.385. The van der Waals surface area contributed by atoms with Crippen LogP contribution in [0.3, 0.4) is 0 Å². The average molecular weight is 487 g/mol. The van der Waals surface area contributed by atoms with E-state index in [0.29, 0.717) is 22.2 Å². The number of pyridine rings is 2. The van der Waals surface area contributed by atoms with Gasteiger partial charge in [-0.15, -0.1) is 0 Å². The molecule has 1 N–H and O–H groups in total. The molecule has 0 radical (unpaired) electrons. The Kier molecular flexibility index (Phi) is 4.53. The number of hydrogen-bond donors (Lipinski definition) is 1. The highest BCUT2D eigenvalue weighted by atomic mass is 35.5. The molecule has 2 atom stereocenters. The minimum absolute atomic E-state index is 0.0334. The van der Waals surface area contributed by atoms with Crippen molar-refractivity contribution < 1.29 is 22.6 Å². The van der Waals surface area contributed by atoms with Crippen LogP contribution in [0.15, 0.2) is 47.4 Å². The number of carbonyl (C=O) groups excluding carboxylic acids is 1. The third kappa shape index (κ3) is 3.03. The molecule has 8 nitrogen and oxygen atoms in total. The van der Waals surface area contributed by atoms with Gasteiger partial charge >= 0.3 is 6.03 Å². The first kappa shape index (κ1) is 20.8. The summed E-state index contributed by atoms with van der Waals surface area (Å²) in [7, 11) is 0. The Hall–Kier alpha value is -3.73. The van der Waals surface area contributed by atoms with Crippen molar-refractivity contribution in [1.82, 2.24) is 25.2 Å². The van der Waals surface area contributed by atoms with E-state index in [0.717, 1.165) is 11.1 Å². The van der Waals surface area contributed by atoms with Crippen molar-refractivity contribution in [2.75, 3.05) is 5.32 Å². The molecule has 12 heteroatoms. The molecule has 6 rings (SSSR count). The molecule has 0 aliphatic carbocycles. The highest BCUT2D eigenvalue weighted by Crippen LogP contribution is 2.54. The molecule has 34 heavy (non-hydrogen) atoms. The van der Waals surface area contributed by atoms with Crippen molar-refractivity contribution in [2.24, 2.45) is 0 Å². The van der Waals surface area contributed by atoms with Gasteiger partial charge in [0.1, 0.15) is 22.9 Å². The second-order valence-corrected chi connectivity index (χ2v) is 8.56. The lowest BCUT2D eigenvalue weighted by atomic mass is 9.91. The number of urea groups is 1. The fourth-order valence-corrected chi connectivity index (χ4v) is 5.08. The first-order valence-corrected chi connectivity index (χ1v) is 10.7. The lowest BCUT2D eigenvalue weighted by Gasteiger charge is -2.40. The van der Waals surface area contributed by atoms with Crippen LogP contribution in [-0.2, 0) is 5.92 Å². The Morgan fingerprint density at radius 3 is 2.79 bits per heavy atom. The summed E-state index contributed by atoms with van der Waals surface area (Å²) in [4.78, 5) is 21.7. The van der Waals surface area contributed by atoms with Gasteiger partial charge in [-0.25, -0.2) is 19.4 Å². The summed E-state index contributed by atoms with van der Waals surface area (Å²) in [5, 5.41) is 10.4. The first-order valence-electron chi connectivity index (χ1n) is 10.3. The Morgan fingerprint density at radius 2 is 1.97 bits per heavy atom. The standard InChI is InChI=1S/C22H14ClF3N6O2/c23-13-8-18(28-9-12(13)10-1-2-14-15(7-10)31-34-30-14)29-21(33)32-16-3-4-17(32)22(25,26)19-11(16)5-6-27-20(19)24/h1-2,5-9,16-17H,3-4H2,(H,28,29,33)/t16-,17+/m0/s1. The van der Waals surface area contributed by atoms with Crippen molar-refractivity contribution in [3.05, 3.63) is 64.8 Å². The largest absolute Gasteiger partial charge is 0.324 e. The Balaban J connectivity index is 1.28. The Bertz CT molecular complexity index is 1460. The molecule has 0 spiro atoms. The topological polar surface area (TPSA) is 97.0 Å². The normalized spacial score (nSPS) is 20.4. The van der Waals surface area contributed by atoms with E-state index in [2.05, 4.69) is 25.6 Å². The van der Waals surface area contributed by atoms with Crippen LogP contribution in [0, 0.1) is 5.95 Å². The number of benzene rings is 1. The number of anilines is 1. The fourth-order valence-electron chi connectivity index (χ4n) is 4.82. The zero-order chi connectivity index (χ0) is 23.6. The summed E-state index contributed by atoms with van der Waals surface area (Å²) < 4.78 is 49.1. The maximum Gasteiger partial charge on any atom is 0.324 e. The lowest BCUT2D eigenvalue weighted by Crippen LogP contribution is -2.52. The van der Waals surface area contributed by atoms with Crippen LogP contribution in [-0.4, -0.2) is 37.3 Å². The van der Waals surface area contributed by atoms with Crippen molar-refractivity contribution in [3.63, 3.8) is 0 Å². The Morgan fingerprint density at radius 1 is 1.15 bits per heavy atom. The van der Waals surface area contributed by atoms with Crippen molar-refractivity contribution in [1.29, 1.82) is 0 Å². The summed E-state index contributed by atoms with van der Waals surface area (Å²) in [6.45, 7) is 0. The number of hydrogen-bond acceptors (Lipinski definition) is 6. The lowest BCUT2D eigenvalue weighted by molar-refractivity contribution is -0.0827. The summed E-state index contributed by atoms with van der Waals surface area (Å²) in [5.41, 5.74) is 1.75. The fraction of sp³-hybridized carbons (Fsp3) is 0.227. The van der Waals surface area contributed by atoms with Gasteiger partial charge in [0.25, 0.3) is 5.92 Å². The number of halogens is 4. The molecule has 5 heterocycles. The minimum atomic E-state index is -3.57. The van der Waals surface area contributed by atoms with E-state index in [1.165, 1.54) is 18.3 Å². The minimum Gasteiger partial charge on any atom is -0.308 e. The van der Waals surface area contributed by atoms with E-state index in [1.54, 1.807) is 18.2 Å². The SMILES string of the molecule is O=C(Nc1cc(Cl)c(-c2ccc3nonc3c2)cn1)N1[C@H]2CC[C@@H]1C(F)(F)c1c2ccnc1F. The van der Waals surface area contributed by atoms with Gasteiger partial charge in [0.05, 0.1) is 16.6 Å². The van der Waals surface area contributed by atoms with E-state index < -0.39 is 35.5 Å². The van der Waals surface area contributed by atoms with Crippen LogP contribution in [0.2, 0.25) is 5.02 Å². The third-order valence-corrected chi connectivity index (χ3v) is 6.63. The van der Waals surface area contributed by atoms with E-state index in [4.69, 9.17) is 16.2 Å². The van der Waals surface area contributed by atoms with E-state index in [9.17, 15) is 9.18 Å². The molecule has 2 bridgehead atoms. The molecule has 3 aromatic heterocycles.